The highest BCUT2D eigenvalue weighted by Gasteiger charge is 2.26. The van der Waals surface area contributed by atoms with Gasteiger partial charge in [-0.05, 0) is 19.1 Å². The highest BCUT2D eigenvalue weighted by Crippen LogP contribution is 2.20. The third kappa shape index (κ3) is 3.44. The number of hydrogen-bond acceptors (Lipinski definition) is 5. The lowest BCUT2D eigenvalue weighted by Gasteiger charge is -2.13. The number of aliphatic carboxylic acids is 1. The van der Waals surface area contributed by atoms with Gasteiger partial charge in [0.25, 0.3) is 10.0 Å². The van der Waals surface area contributed by atoms with Crippen LogP contribution in [0.3, 0.4) is 0 Å². The Balaban J connectivity index is 2.17. The van der Waals surface area contributed by atoms with Crippen molar-refractivity contribution in [2.45, 2.75) is 23.6 Å². The summed E-state index contributed by atoms with van der Waals surface area (Å²) in [5.74, 6) is -1.24. The van der Waals surface area contributed by atoms with Crippen molar-refractivity contribution in [1.82, 2.24) is 14.7 Å². The number of carbonyl (C=O) groups is 1. The molecule has 7 nitrogen and oxygen atoms in total. The summed E-state index contributed by atoms with van der Waals surface area (Å²) in [6, 6.07) is 1.88. The van der Waals surface area contributed by atoms with E-state index in [0.717, 1.165) is 16.2 Å². The third-order valence-electron chi connectivity index (χ3n) is 2.55. The van der Waals surface area contributed by atoms with Gasteiger partial charge in [0.2, 0.25) is 0 Å². The Bertz CT molecular complexity index is 691. The quantitative estimate of drug-likeness (QED) is 0.728. The van der Waals surface area contributed by atoms with Gasteiger partial charge >= 0.3 is 5.97 Å². The van der Waals surface area contributed by atoms with E-state index in [1.165, 1.54) is 18.6 Å². The van der Waals surface area contributed by atoms with E-state index in [0.29, 0.717) is 5.69 Å². The highest BCUT2D eigenvalue weighted by molar-refractivity contribution is 7.91. The Labute approximate surface area is 119 Å². The summed E-state index contributed by atoms with van der Waals surface area (Å²) in [5.41, 5.74) is 0.544. The smallest absolute Gasteiger partial charge is 0.322 e. The normalized spacial score (nSPS) is 13.2. The van der Waals surface area contributed by atoms with Crippen LogP contribution >= 0.6 is 11.3 Å². The maximum atomic E-state index is 12.1. The number of aryl methyl sites for hydroxylation is 1. The number of nitrogens with one attached hydrogen (secondary N) is 2. The van der Waals surface area contributed by atoms with Gasteiger partial charge in [0.1, 0.15) is 10.3 Å². The summed E-state index contributed by atoms with van der Waals surface area (Å²) >= 11 is 1.09. The topological polar surface area (TPSA) is 112 Å². The summed E-state index contributed by atoms with van der Waals surface area (Å²) in [5, 5.41) is 9.13. The Morgan fingerprint density at radius 1 is 1.55 bits per heavy atom. The number of imidazole rings is 1. The number of carboxylic acid groups (broad SMARTS) is 1. The van der Waals surface area contributed by atoms with Gasteiger partial charge < -0.3 is 10.1 Å². The molecule has 1 unspecified atom stereocenters. The van der Waals surface area contributed by atoms with E-state index in [9.17, 15) is 13.2 Å². The maximum Gasteiger partial charge on any atom is 0.322 e. The van der Waals surface area contributed by atoms with Crippen LogP contribution in [0.4, 0.5) is 0 Å². The molecule has 0 spiro atoms. The lowest BCUT2D eigenvalue weighted by molar-refractivity contribution is -0.138. The molecule has 2 aromatic rings. The lowest BCUT2D eigenvalue weighted by Crippen LogP contribution is -2.42. The van der Waals surface area contributed by atoms with Crippen molar-refractivity contribution >= 4 is 27.3 Å². The summed E-state index contributed by atoms with van der Waals surface area (Å²) in [6.45, 7) is 1.78. The van der Waals surface area contributed by atoms with Gasteiger partial charge in [-0.2, -0.15) is 4.72 Å². The minimum atomic E-state index is -3.83. The molecule has 108 valence electrons. The van der Waals surface area contributed by atoms with E-state index in [1.54, 1.807) is 13.0 Å². The van der Waals surface area contributed by atoms with Crippen molar-refractivity contribution in [2.24, 2.45) is 0 Å². The van der Waals surface area contributed by atoms with Crippen LogP contribution in [0.1, 0.15) is 10.6 Å². The largest absolute Gasteiger partial charge is 0.480 e. The average molecular weight is 315 g/mol. The number of rotatable bonds is 6. The second-order valence-corrected chi connectivity index (χ2v) is 7.39. The van der Waals surface area contributed by atoms with Gasteiger partial charge in [0, 0.05) is 23.2 Å². The van der Waals surface area contributed by atoms with Gasteiger partial charge in [-0.15, -0.1) is 11.3 Å². The molecule has 0 fully saturated rings. The molecule has 0 aliphatic heterocycles. The number of aromatic amines is 1. The second kappa shape index (κ2) is 5.73. The van der Waals surface area contributed by atoms with Crippen molar-refractivity contribution in [3.63, 3.8) is 0 Å². The molecule has 0 bridgehead atoms. The van der Waals surface area contributed by atoms with Gasteiger partial charge in [-0.25, -0.2) is 13.4 Å². The molecule has 2 aromatic heterocycles. The predicted octanol–water partition coefficient (Wildman–Crippen LogP) is 0.754. The average Bonchev–Trinajstić information content (AvgIpc) is 2.99. The molecule has 1 atom stereocenters. The Kier molecular flexibility index (Phi) is 4.21. The summed E-state index contributed by atoms with van der Waals surface area (Å²) in [7, 11) is -3.83. The van der Waals surface area contributed by atoms with E-state index in [1.807, 2.05) is 0 Å². The van der Waals surface area contributed by atoms with Crippen LogP contribution < -0.4 is 4.72 Å². The number of sulfonamides is 1. The first-order valence-corrected chi connectivity index (χ1v) is 7.97. The van der Waals surface area contributed by atoms with Crippen LogP contribution in [0.2, 0.25) is 0 Å². The number of thiophene rings is 1. The molecule has 9 heteroatoms. The highest BCUT2D eigenvalue weighted by atomic mass is 32.2. The van der Waals surface area contributed by atoms with Crippen LogP contribution in [-0.2, 0) is 21.2 Å². The molecule has 20 heavy (non-hydrogen) atoms. The van der Waals surface area contributed by atoms with Crippen LogP contribution in [-0.4, -0.2) is 35.5 Å². The van der Waals surface area contributed by atoms with Crippen molar-refractivity contribution in [1.29, 1.82) is 0 Å². The van der Waals surface area contributed by atoms with E-state index in [-0.39, 0.29) is 10.6 Å². The number of hydrogen-bond donors (Lipinski definition) is 3. The van der Waals surface area contributed by atoms with E-state index in [2.05, 4.69) is 14.7 Å². The molecule has 0 aliphatic rings. The molecule has 0 saturated carbocycles. The lowest BCUT2D eigenvalue weighted by atomic mass is 10.2. The first-order chi connectivity index (χ1) is 9.38. The molecule has 3 N–H and O–H groups in total. The van der Waals surface area contributed by atoms with Crippen molar-refractivity contribution in [2.75, 3.05) is 0 Å². The van der Waals surface area contributed by atoms with Crippen molar-refractivity contribution in [3.05, 3.63) is 35.2 Å². The minimum Gasteiger partial charge on any atom is -0.480 e. The molecule has 0 aromatic carbocycles. The Morgan fingerprint density at radius 2 is 2.30 bits per heavy atom. The van der Waals surface area contributed by atoms with Crippen LogP contribution in [0.25, 0.3) is 0 Å². The fraction of sp³-hybridized carbons (Fsp3) is 0.273. The summed E-state index contributed by atoms with van der Waals surface area (Å²) < 4.78 is 26.5. The zero-order valence-electron chi connectivity index (χ0n) is 10.5. The van der Waals surface area contributed by atoms with Crippen molar-refractivity contribution in [3.8, 4) is 0 Å². The second-order valence-electron chi connectivity index (χ2n) is 4.16. The van der Waals surface area contributed by atoms with E-state index in [4.69, 9.17) is 5.11 Å². The first kappa shape index (κ1) is 14.7. The molecular weight excluding hydrogens is 302 g/mol. The fourth-order valence-electron chi connectivity index (χ4n) is 1.60. The van der Waals surface area contributed by atoms with Gasteiger partial charge in [-0.3, -0.25) is 4.79 Å². The van der Waals surface area contributed by atoms with Crippen molar-refractivity contribution < 1.29 is 18.3 Å². The minimum absolute atomic E-state index is 0.00107. The Hall–Kier alpha value is -1.71. The van der Waals surface area contributed by atoms with Gasteiger partial charge in [-0.1, -0.05) is 0 Å². The molecular formula is C11H13N3O4S2. The van der Waals surface area contributed by atoms with Crippen LogP contribution in [0.15, 0.2) is 28.9 Å². The number of aromatic nitrogens is 2. The molecule has 0 amide bonds. The standard InChI is InChI=1S/C11H13N3O4S2/c1-7-2-3-10(19-7)20(17,18)14-9(11(15)16)4-8-5-12-6-13-8/h2-3,5-6,9,14H,4H2,1H3,(H,12,13)(H,15,16). The van der Waals surface area contributed by atoms with Crippen LogP contribution in [0.5, 0.6) is 0 Å². The first-order valence-electron chi connectivity index (χ1n) is 5.67. The molecule has 0 radical (unpaired) electrons. The zero-order chi connectivity index (χ0) is 14.8. The monoisotopic (exact) mass is 315 g/mol. The Morgan fingerprint density at radius 3 is 2.80 bits per heavy atom. The predicted molar refractivity (Wildman–Crippen MR) is 73.1 cm³/mol. The van der Waals surface area contributed by atoms with Crippen LogP contribution in [0, 0.1) is 6.92 Å². The fourth-order valence-corrected chi connectivity index (χ4v) is 4.09. The number of H-pyrrole nitrogens is 1. The number of carboxylic acids is 1. The summed E-state index contributed by atoms with van der Waals surface area (Å²) in [6.07, 6.45) is 2.86. The zero-order valence-corrected chi connectivity index (χ0v) is 12.2. The molecule has 0 aliphatic carbocycles. The molecule has 2 heterocycles. The van der Waals surface area contributed by atoms with Gasteiger partial charge in [0.05, 0.1) is 6.33 Å². The molecule has 2 rings (SSSR count). The number of nitrogens with zero attached hydrogens (tertiary/aromatic N) is 1. The van der Waals surface area contributed by atoms with E-state index < -0.39 is 22.0 Å². The SMILES string of the molecule is Cc1ccc(S(=O)(=O)NC(Cc2cnc[nH]2)C(=O)O)s1. The maximum absolute atomic E-state index is 12.1. The molecule has 0 saturated heterocycles. The summed E-state index contributed by atoms with van der Waals surface area (Å²) in [4.78, 5) is 18.5. The van der Waals surface area contributed by atoms with Gasteiger partial charge in [0.15, 0.2) is 0 Å². The van der Waals surface area contributed by atoms with E-state index >= 15 is 0 Å². The third-order valence-corrected chi connectivity index (χ3v) is 5.52.